The predicted molar refractivity (Wildman–Crippen MR) is 61.9 cm³/mol. The second-order valence-corrected chi connectivity index (χ2v) is 5.40. The lowest BCUT2D eigenvalue weighted by Gasteiger charge is -2.09. The van der Waals surface area contributed by atoms with Crippen LogP contribution in [0, 0.1) is 0 Å². The molecule has 0 fully saturated rings. The predicted octanol–water partition coefficient (Wildman–Crippen LogP) is 4.08. The smallest absolute Gasteiger partial charge is 0.0613 e. The van der Waals surface area contributed by atoms with Crippen LogP contribution >= 0.6 is 35.0 Å². The molecular formula is C9H11Cl2NS. The van der Waals surface area contributed by atoms with Crippen LogP contribution < -0.4 is 5.73 Å². The average Bonchev–Trinajstić information content (AvgIpc) is 1.99. The molecule has 0 saturated carbocycles. The number of hydrogen-bond acceptors (Lipinski definition) is 2. The Kier molecular flexibility index (Phi) is 3.77. The Morgan fingerprint density at radius 3 is 2.31 bits per heavy atom. The number of rotatable bonds is 2. The first kappa shape index (κ1) is 11.0. The minimum atomic E-state index is 0.486. The molecule has 0 heterocycles. The van der Waals surface area contributed by atoms with E-state index in [9.17, 15) is 0 Å². The van der Waals surface area contributed by atoms with E-state index >= 15 is 0 Å². The lowest BCUT2D eigenvalue weighted by Crippen LogP contribution is -1.92. The summed E-state index contributed by atoms with van der Waals surface area (Å²) in [6.07, 6.45) is 0. The molecule has 0 unspecified atom stereocenters. The fraction of sp³-hybridized carbons (Fsp3) is 0.333. The molecule has 0 bridgehead atoms. The largest absolute Gasteiger partial charge is 0.398 e. The zero-order valence-electron chi connectivity index (χ0n) is 7.47. The average molecular weight is 236 g/mol. The summed E-state index contributed by atoms with van der Waals surface area (Å²) in [6.45, 7) is 4.21. The fourth-order valence-corrected chi connectivity index (χ4v) is 2.19. The molecule has 2 N–H and O–H groups in total. The van der Waals surface area contributed by atoms with Crippen LogP contribution in [0.15, 0.2) is 17.0 Å². The molecule has 0 spiro atoms. The van der Waals surface area contributed by atoms with Crippen molar-refractivity contribution in [2.75, 3.05) is 5.73 Å². The van der Waals surface area contributed by atoms with Crippen LogP contribution in [0.1, 0.15) is 13.8 Å². The Morgan fingerprint density at radius 1 is 1.23 bits per heavy atom. The zero-order valence-corrected chi connectivity index (χ0v) is 9.80. The molecule has 0 saturated heterocycles. The number of hydrogen-bond donors (Lipinski definition) is 1. The SMILES string of the molecule is CC(C)Sc1cc(Cl)c(Cl)cc1N. The number of thioether (sulfide) groups is 1. The summed E-state index contributed by atoms with van der Waals surface area (Å²) in [4.78, 5) is 0.990. The molecular weight excluding hydrogens is 225 g/mol. The summed E-state index contributed by atoms with van der Waals surface area (Å²) in [6, 6.07) is 3.50. The number of nitrogen functional groups attached to an aromatic ring is 1. The van der Waals surface area contributed by atoms with Crippen molar-refractivity contribution in [3.63, 3.8) is 0 Å². The van der Waals surface area contributed by atoms with Gasteiger partial charge in [0.05, 0.1) is 10.0 Å². The van der Waals surface area contributed by atoms with Crippen molar-refractivity contribution >= 4 is 40.7 Å². The number of benzene rings is 1. The Morgan fingerprint density at radius 2 is 1.77 bits per heavy atom. The van der Waals surface area contributed by atoms with Crippen molar-refractivity contribution in [1.29, 1.82) is 0 Å². The van der Waals surface area contributed by atoms with E-state index in [4.69, 9.17) is 28.9 Å². The first-order valence-corrected chi connectivity index (χ1v) is 5.55. The van der Waals surface area contributed by atoms with E-state index in [0.717, 1.165) is 4.90 Å². The van der Waals surface area contributed by atoms with Gasteiger partial charge >= 0.3 is 0 Å². The highest BCUT2D eigenvalue weighted by molar-refractivity contribution is 8.00. The maximum Gasteiger partial charge on any atom is 0.0613 e. The quantitative estimate of drug-likeness (QED) is 0.618. The van der Waals surface area contributed by atoms with Gasteiger partial charge in [-0.2, -0.15) is 0 Å². The Labute approximate surface area is 92.6 Å². The van der Waals surface area contributed by atoms with Gasteiger partial charge < -0.3 is 5.73 Å². The first-order chi connectivity index (χ1) is 6.00. The van der Waals surface area contributed by atoms with Crippen LogP contribution in [0.5, 0.6) is 0 Å². The van der Waals surface area contributed by atoms with E-state index in [2.05, 4.69) is 13.8 Å². The maximum absolute atomic E-state index is 5.87. The van der Waals surface area contributed by atoms with Crippen molar-refractivity contribution in [3.05, 3.63) is 22.2 Å². The monoisotopic (exact) mass is 235 g/mol. The van der Waals surface area contributed by atoms with Gasteiger partial charge in [-0.3, -0.25) is 0 Å². The highest BCUT2D eigenvalue weighted by atomic mass is 35.5. The van der Waals surface area contributed by atoms with Crippen molar-refractivity contribution in [1.82, 2.24) is 0 Å². The topological polar surface area (TPSA) is 26.0 Å². The van der Waals surface area contributed by atoms with Crippen LogP contribution in [-0.4, -0.2) is 5.25 Å². The van der Waals surface area contributed by atoms with Gasteiger partial charge in [-0.15, -0.1) is 11.8 Å². The zero-order chi connectivity index (χ0) is 10.0. The van der Waals surface area contributed by atoms with Crippen LogP contribution in [0.25, 0.3) is 0 Å². The molecule has 1 nitrogen and oxygen atoms in total. The van der Waals surface area contributed by atoms with Crippen molar-refractivity contribution < 1.29 is 0 Å². The van der Waals surface area contributed by atoms with E-state index in [1.165, 1.54) is 0 Å². The Balaban J connectivity index is 3.01. The minimum Gasteiger partial charge on any atom is -0.398 e. The molecule has 13 heavy (non-hydrogen) atoms. The van der Waals surface area contributed by atoms with E-state index < -0.39 is 0 Å². The summed E-state index contributed by atoms with van der Waals surface area (Å²) in [5, 5.41) is 1.55. The molecule has 0 aliphatic rings. The standard InChI is InChI=1S/C9H11Cl2NS/c1-5(2)13-9-4-7(11)6(10)3-8(9)12/h3-5H,12H2,1-2H3. The third-order valence-electron chi connectivity index (χ3n) is 1.42. The molecule has 0 aromatic heterocycles. The van der Waals surface area contributed by atoms with E-state index in [1.54, 1.807) is 17.8 Å². The maximum atomic E-state index is 5.87. The van der Waals surface area contributed by atoms with Gasteiger partial charge in [0.2, 0.25) is 0 Å². The molecule has 72 valence electrons. The van der Waals surface area contributed by atoms with Gasteiger partial charge in [0.25, 0.3) is 0 Å². The number of anilines is 1. The van der Waals surface area contributed by atoms with Crippen LogP contribution in [0.2, 0.25) is 10.0 Å². The molecule has 1 aromatic rings. The van der Waals surface area contributed by atoms with Gasteiger partial charge in [0, 0.05) is 15.8 Å². The number of nitrogens with two attached hydrogens (primary N) is 1. The van der Waals surface area contributed by atoms with Gasteiger partial charge in [-0.05, 0) is 12.1 Å². The molecule has 1 rings (SSSR count). The molecule has 0 atom stereocenters. The molecule has 1 aromatic carbocycles. The van der Waals surface area contributed by atoms with Crippen LogP contribution in [0.4, 0.5) is 5.69 Å². The number of halogens is 2. The minimum absolute atomic E-state index is 0.486. The summed E-state index contributed by atoms with van der Waals surface area (Å²) in [5.41, 5.74) is 6.46. The highest BCUT2D eigenvalue weighted by Crippen LogP contribution is 2.34. The third kappa shape index (κ3) is 2.97. The summed E-state index contributed by atoms with van der Waals surface area (Å²) in [5.74, 6) is 0. The normalized spacial score (nSPS) is 10.8. The van der Waals surface area contributed by atoms with Gasteiger partial charge in [-0.25, -0.2) is 0 Å². The molecule has 0 aliphatic carbocycles. The van der Waals surface area contributed by atoms with E-state index in [-0.39, 0.29) is 0 Å². The Bertz CT molecular complexity index is 313. The third-order valence-corrected chi connectivity index (χ3v) is 3.22. The van der Waals surface area contributed by atoms with Crippen molar-refractivity contribution in [2.45, 2.75) is 24.0 Å². The molecule has 4 heteroatoms. The molecule has 0 aliphatic heterocycles. The second kappa shape index (κ2) is 4.45. The van der Waals surface area contributed by atoms with E-state index in [0.29, 0.717) is 21.0 Å². The van der Waals surface area contributed by atoms with E-state index in [1.807, 2.05) is 6.07 Å². The lowest BCUT2D eigenvalue weighted by molar-refractivity contribution is 1.11. The second-order valence-electron chi connectivity index (χ2n) is 2.97. The summed E-state index contributed by atoms with van der Waals surface area (Å²) >= 11 is 13.3. The molecule has 0 radical (unpaired) electrons. The first-order valence-electron chi connectivity index (χ1n) is 3.92. The highest BCUT2D eigenvalue weighted by Gasteiger charge is 2.06. The van der Waals surface area contributed by atoms with Crippen molar-refractivity contribution in [3.8, 4) is 0 Å². The van der Waals surface area contributed by atoms with Gasteiger partial charge in [-0.1, -0.05) is 37.0 Å². The van der Waals surface area contributed by atoms with Gasteiger partial charge in [0.15, 0.2) is 0 Å². The summed E-state index contributed by atoms with van der Waals surface area (Å²) in [7, 11) is 0. The molecule has 0 amide bonds. The lowest BCUT2D eigenvalue weighted by atomic mass is 10.3. The Hall–Kier alpha value is -0.0500. The van der Waals surface area contributed by atoms with Crippen LogP contribution in [0.3, 0.4) is 0 Å². The van der Waals surface area contributed by atoms with Crippen molar-refractivity contribution in [2.24, 2.45) is 0 Å². The van der Waals surface area contributed by atoms with Crippen LogP contribution in [-0.2, 0) is 0 Å². The summed E-state index contributed by atoms with van der Waals surface area (Å²) < 4.78 is 0. The fourth-order valence-electron chi connectivity index (χ4n) is 0.900. The van der Waals surface area contributed by atoms with Gasteiger partial charge in [0.1, 0.15) is 0 Å².